The van der Waals surface area contributed by atoms with Crippen molar-refractivity contribution in [1.29, 1.82) is 0 Å². The van der Waals surface area contributed by atoms with E-state index < -0.39 is 32.8 Å². The molecule has 0 saturated heterocycles. The van der Waals surface area contributed by atoms with Gasteiger partial charge < -0.3 is 0 Å². The number of amides is 3. The number of allylic oxidation sites excluding steroid dienone is 1. The van der Waals surface area contributed by atoms with Crippen LogP contribution >= 0.6 is 11.5 Å². The van der Waals surface area contributed by atoms with Crippen LogP contribution < -0.4 is 4.72 Å². The molecule has 11 heteroatoms. The summed E-state index contributed by atoms with van der Waals surface area (Å²) in [5.41, 5.74) is 0.950. The zero-order valence-corrected chi connectivity index (χ0v) is 18.9. The van der Waals surface area contributed by atoms with Crippen molar-refractivity contribution in [3.8, 4) is 0 Å². The first-order valence-corrected chi connectivity index (χ1v) is 12.1. The number of sulfonamides is 1. The van der Waals surface area contributed by atoms with E-state index in [1.807, 2.05) is 20.8 Å². The van der Waals surface area contributed by atoms with Gasteiger partial charge in [0.15, 0.2) is 0 Å². The van der Waals surface area contributed by atoms with Crippen molar-refractivity contribution >= 4 is 39.2 Å². The van der Waals surface area contributed by atoms with Gasteiger partial charge in [0, 0.05) is 5.54 Å². The van der Waals surface area contributed by atoms with Crippen LogP contribution in [0.15, 0.2) is 23.8 Å². The van der Waals surface area contributed by atoms with E-state index in [0.29, 0.717) is 5.71 Å². The minimum absolute atomic E-state index is 0.0509. The zero-order valence-electron chi connectivity index (χ0n) is 17.2. The lowest BCUT2D eigenvalue weighted by Gasteiger charge is -2.25. The van der Waals surface area contributed by atoms with E-state index in [0.717, 1.165) is 39.8 Å². The third-order valence-corrected chi connectivity index (χ3v) is 8.10. The number of nitrogens with zero attached hydrogens (tertiary/aromatic N) is 4. The molecule has 9 nitrogen and oxygen atoms in total. The SMILES string of the molecule is CC(C)c1nnsc1CN1C(=O)C2=CC(S(=O)(=O)NC3(C)CC3)C=CC2=[N+](C)C1=O. The summed E-state index contributed by atoms with van der Waals surface area (Å²) in [6.07, 6.45) is 6.05. The van der Waals surface area contributed by atoms with Gasteiger partial charge >= 0.3 is 11.9 Å². The van der Waals surface area contributed by atoms with Crippen LogP contribution in [0, 0.1) is 0 Å². The monoisotopic (exact) mass is 450 g/mol. The topological polar surface area (TPSA) is 112 Å². The van der Waals surface area contributed by atoms with Gasteiger partial charge in [-0.05, 0) is 49.4 Å². The van der Waals surface area contributed by atoms with Crippen LogP contribution in [0.5, 0.6) is 0 Å². The first-order valence-electron chi connectivity index (χ1n) is 9.73. The fourth-order valence-corrected chi connectivity index (χ4v) is 5.92. The first-order chi connectivity index (χ1) is 14.0. The molecule has 3 aliphatic rings. The minimum atomic E-state index is -3.69. The van der Waals surface area contributed by atoms with E-state index >= 15 is 0 Å². The minimum Gasteiger partial charge on any atom is -0.240 e. The quantitative estimate of drug-likeness (QED) is 0.658. The fourth-order valence-electron chi connectivity index (χ4n) is 3.51. The molecule has 160 valence electrons. The van der Waals surface area contributed by atoms with Crippen LogP contribution in [0.25, 0.3) is 0 Å². The van der Waals surface area contributed by atoms with E-state index in [-0.39, 0.29) is 18.0 Å². The molecule has 1 aliphatic heterocycles. The molecule has 3 amide bonds. The summed E-state index contributed by atoms with van der Waals surface area (Å²) in [5.74, 6) is -0.409. The Balaban J connectivity index is 1.66. The van der Waals surface area contributed by atoms with Crippen molar-refractivity contribution in [2.24, 2.45) is 0 Å². The molecule has 1 fully saturated rings. The van der Waals surface area contributed by atoms with Crippen LogP contribution in [0.1, 0.15) is 50.1 Å². The molecule has 0 radical (unpaired) electrons. The molecule has 0 aromatic carbocycles. The zero-order chi connectivity index (χ0) is 21.8. The smallest absolute Gasteiger partial charge is 0.240 e. The number of carbonyl (C=O) groups is 2. The first kappa shape index (κ1) is 21.0. The Bertz CT molecular complexity index is 1130. The number of carbonyl (C=O) groups excluding carboxylic acids is 2. The number of hydrogen-bond acceptors (Lipinski definition) is 7. The van der Waals surface area contributed by atoms with Crippen LogP contribution in [0.2, 0.25) is 0 Å². The van der Waals surface area contributed by atoms with Crippen molar-refractivity contribution in [3.63, 3.8) is 0 Å². The molecule has 1 N–H and O–H groups in total. The highest BCUT2D eigenvalue weighted by Crippen LogP contribution is 2.36. The highest BCUT2D eigenvalue weighted by Gasteiger charge is 2.47. The Morgan fingerprint density at radius 1 is 1.37 bits per heavy atom. The van der Waals surface area contributed by atoms with Crippen LogP contribution in [-0.4, -0.2) is 63.0 Å². The molecule has 1 atom stereocenters. The number of nitrogens with one attached hydrogen (secondary N) is 1. The molecule has 1 aromatic rings. The van der Waals surface area contributed by atoms with Gasteiger partial charge in [0.1, 0.15) is 23.1 Å². The lowest BCUT2D eigenvalue weighted by atomic mass is 9.99. The maximum absolute atomic E-state index is 13.2. The van der Waals surface area contributed by atoms with Crippen LogP contribution in [0.3, 0.4) is 0 Å². The highest BCUT2D eigenvalue weighted by atomic mass is 32.2. The molecule has 1 aromatic heterocycles. The van der Waals surface area contributed by atoms with Gasteiger partial charge in [0.2, 0.25) is 10.0 Å². The Labute approximate surface area is 179 Å². The van der Waals surface area contributed by atoms with Crippen molar-refractivity contribution in [2.75, 3.05) is 7.05 Å². The van der Waals surface area contributed by atoms with Crippen molar-refractivity contribution in [3.05, 3.63) is 34.4 Å². The van der Waals surface area contributed by atoms with E-state index in [2.05, 4.69) is 14.3 Å². The molecule has 1 unspecified atom stereocenters. The molecule has 0 spiro atoms. The Kier molecular flexibility index (Phi) is 5.02. The third kappa shape index (κ3) is 3.65. The van der Waals surface area contributed by atoms with Gasteiger partial charge in [0.05, 0.1) is 17.6 Å². The van der Waals surface area contributed by atoms with E-state index in [9.17, 15) is 18.0 Å². The molecule has 4 rings (SSSR count). The maximum Gasteiger partial charge on any atom is 0.501 e. The maximum atomic E-state index is 13.2. The molecule has 2 heterocycles. The molecule has 0 bridgehead atoms. The van der Waals surface area contributed by atoms with Crippen LogP contribution in [0.4, 0.5) is 4.79 Å². The van der Waals surface area contributed by atoms with E-state index in [1.165, 1.54) is 22.8 Å². The molecular formula is C19H24N5O4S2+. The number of rotatable bonds is 6. The normalized spacial score (nSPS) is 23.2. The predicted molar refractivity (Wildman–Crippen MR) is 112 cm³/mol. The van der Waals surface area contributed by atoms with Crippen molar-refractivity contribution in [2.45, 2.75) is 56.9 Å². The Hall–Kier alpha value is -2.24. The van der Waals surface area contributed by atoms with Gasteiger partial charge in [-0.3, -0.25) is 0 Å². The van der Waals surface area contributed by atoms with Gasteiger partial charge in [-0.15, -0.1) is 5.10 Å². The van der Waals surface area contributed by atoms with Crippen molar-refractivity contribution in [1.82, 2.24) is 19.2 Å². The Morgan fingerprint density at radius 2 is 2.07 bits per heavy atom. The highest BCUT2D eigenvalue weighted by molar-refractivity contribution is 7.90. The number of hydrogen-bond donors (Lipinski definition) is 1. The van der Waals surface area contributed by atoms with Gasteiger partial charge in [-0.2, -0.15) is 14.3 Å². The molecular weight excluding hydrogens is 426 g/mol. The molecule has 30 heavy (non-hydrogen) atoms. The summed E-state index contributed by atoms with van der Waals surface area (Å²) in [6, 6.07) is -0.468. The lowest BCUT2D eigenvalue weighted by Crippen LogP contribution is -2.50. The number of aromatic nitrogens is 2. The predicted octanol–water partition coefficient (Wildman–Crippen LogP) is 1.54. The largest absolute Gasteiger partial charge is 0.501 e. The number of urea groups is 1. The average Bonchev–Trinajstić information content (AvgIpc) is 3.21. The van der Waals surface area contributed by atoms with Gasteiger partial charge in [-0.25, -0.2) is 17.9 Å². The summed E-state index contributed by atoms with van der Waals surface area (Å²) < 4.78 is 33.6. The number of fused-ring (bicyclic) bond motifs is 1. The van der Waals surface area contributed by atoms with Crippen molar-refractivity contribution < 1.29 is 22.6 Å². The fraction of sp³-hybridized carbons (Fsp3) is 0.526. The second-order valence-electron chi connectivity index (χ2n) is 8.47. The van der Waals surface area contributed by atoms with Crippen LogP contribution in [-0.2, 0) is 21.4 Å². The van der Waals surface area contributed by atoms with E-state index in [1.54, 1.807) is 7.05 Å². The Morgan fingerprint density at radius 3 is 2.70 bits per heavy atom. The number of imide groups is 1. The second-order valence-corrected chi connectivity index (χ2v) is 11.1. The standard InChI is InChI=1S/C19H24N5O4S2/c1-11(2)16-15(29-22-20-16)10-24-17(25)13-9-12(5-6-14(13)23(4)18(24)26)30(27,28)21-19(3)7-8-19/h5-6,9,11-12,21H,7-8,10H2,1-4H3/q+1. The summed E-state index contributed by atoms with van der Waals surface area (Å²) in [5, 5.41) is 3.13. The summed E-state index contributed by atoms with van der Waals surface area (Å²) in [7, 11) is -2.12. The summed E-state index contributed by atoms with van der Waals surface area (Å²) >= 11 is 1.15. The summed E-state index contributed by atoms with van der Waals surface area (Å²) in [6.45, 7) is 5.84. The molecule has 2 aliphatic carbocycles. The third-order valence-electron chi connectivity index (χ3n) is 5.59. The van der Waals surface area contributed by atoms with Gasteiger partial charge in [0.25, 0.3) is 0 Å². The second kappa shape index (κ2) is 7.17. The molecule has 1 saturated carbocycles. The average molecular weight is 451 g/mol. The van der Waals surface area contributed by atoms with E-state index in [4.69, 9.17) is 0 Å². The lowest BCUT2D eigenvalue weighted by molar-refractivity contribution is -0.402. The van der Waals surface area contributed by atoms with Gasteiger partial charge in [-0.1, -0.05) is 24.4 Å². The summed E-state index contributed by atoms with van der Waals surface area (Å²) in [4.78, 5) is 27.9.